The van der Waals surface area contributed by atoms with Crippen molar-refractivity contribution in [1.82, 2.24) is 15.1 Å². The molecule has 0 aliphatic carbocycles. The molecule has 3 atom stereocenters. The van der Waals surface area contributed by atoms with Crippen molar-refractivity contribution in [2.75, 3.05) is 20.1 Å². The first kappa shape index (κ1) is 16.8. The fraction of sp³-hybridized carbons (Fsp3) is 0.941. The molecular formula is C17H33N3O. The highest BCUT2D eigenvalue weighted by molar-refractivity contribution is 5.84. The molecule has 0 aromatic heterocycles. The highest BCUT2D eigenvalue weighted by Crippen LogP contribution is 2.24. The van der Waals surface area contributed by atoms with Crippen molar-refractivity contribution in [2.45, 2.75) is 71.6 Å². The summed E-state index contributed by atoms with van der Waals surface area (Å²) < 4.78 is 0. The molecular weight excluding hydrogens is 262 g/mol. The Morgan fingerprint density at radius 3 is 2.52 bits per heavy atom. The largest absolute Gasteiger partial charge is 0.324 e. The third-order valence-corrected chi connectivity index (χ3v) is 4.96. The van der Waals surface area contributed by atoms with Crippen molar-refractivity contribution in [3.05, 3.63) is 0 Å². The van der Waals surface area contributed by atoms with Gasteiger partial charge in [0.2, 0.25) is 5.91 Å². The summed E-state index contributed by atoms with van der Waals surface area (Å²) in [6.45, 7) is 10.9. The monoisotopic (exact) mass is 295 g/mol. The van der Waals surface area contributed by atoms with Gasteiger partial charge in [-0.1, -0.05) is 34.1 Å². The van der Waals surface area contributed by atoms with Crippen LogP contribution in [0.4, 0.5) is 0 Å². The second-order valence-electron chi connectivity index (χ2n) is 7.66. The molecule has 1 N–H and O–H groups in total. The summed E-state index contributed by atoms with van der Waals surface area (Å²) >= 11 is 0. The van der Waals surface area contributed by atoms with Gasteiger partial charge in [-0.3, -0.25) is 10.1 Å². The van der Waals surface area contributed by atoms with Crippen LogP contribution in [0, 0.1) is 11.8 Å². The number of likely N-dealkylation sites (N-methyl/N-ethyl adjacent to an activating group) is 1. The summed E-state index contributed by atoms with van der Waals surface area (Å²) in [6.07, 6.45) is 4.96. The summed E-state index contributed by atoms with van der Waals surface area (Å²) in [5.41, 5.74) is 0. The van der Waals surface area contributed by atoms with E-state index in [0.29, 0.717) is 23.8 Å². The lowest BCUT2D eigenvalue weighted by Gasteiger charge is -2.37. The van der Waals surface area contributed by atoms with E-state index in [1.165, 1.54) is 25.8 Å². The number of nitrogens with one attached hydrogen (secondary N) is 1. The third-order valence-electron chi connectivity index (χ3n) is 4.96. The zero-order valence-electron chi connectivity index (χ0n) is 14.4. The summed E-state index contributed by atoms with van der Waals surface area (Å²) in [7, 11) is 2.20. The average Bonchev–Trinajstić information content (AvgIpc) is 2.70. The number of piperidine rings is 1. The lowest BCUT2D eigenvalue weighted by molar-refractivity contribution is -0.131. The van der Waals surface area contributed by atoms with E-state index in [1.54, 1.807) is 0 Å². The van der Waals surface area contributed by atoms with Crippen LogP contribution < -0.4 is 5.32 Å². The van der Waals surface area contributed by atoms with Gasteiger partial charge in [0.05, 0.1) is 12.2 Å². The van der Waals surface area contributed by atoms with E-state index in [9.17, 15) is 4.79 Å². The van der Waals surface area contributed by atoms with Gasteiger partial charge >= 0.3 is 0 Å². The van der Waals surface area contributed by atoms with Crippen molar-refractivity contribution in [3.63, 3.8) is 0 Å². The Balaban J connectivity index is 2.05. The molecule has 2 aliphatic heterocycles. The Labute approximate surface area is 130 Å². The van der Waals surface area contributed by atoms with Gasteiger partial charge in [-0.05, 0) is 44.7 Å². The van der Waals surface area contributed by atoms with Gasteiger partial charge in [0.25, 0.3) is 0 Å². The quantitative estimate of drug-likeness (QED) is 0.845. The Bertz CT molecular complexity index is 356. The van der Waals surface area contributed by atoms with Crippen LogP contribution in [0.5, 0.6) is 0 Å². The molecule has 0 radical (unpaired) electrons. The lowest BCUT2D eigenvalue weighted by Crippen LogP contribution is -2.50. The second kappa shape index (κ2) is 7.10. The van der Waals surface area contributed by atoms with Gasteiger partial charge in [0, 0.05) is 12.6 Å². The van der Waals surface area contributed by atoms with Crippen LogP contribution in [0.25, 0.3) is 0 Å². The molecule has 4 nitrogen and oxygen atoms in total. The summed E-state index contributed by atoms with van der Waals surface area (Å²) in [4.78, 5) is 17.3. The van der Waals surface area contributed by atoms with E-state index < -0.39 is 0 Å². The van der Waals surface area contributed by atoms with E-state index in [1.807, 2.05) is 0 Å². The molecule has 2 aliphatic rings. The molecule has 2 fully saturated rings. The lowest BCUT2D eigenvalue weighted by atomic mass is 10.0. The molecule has 0 saturated carbocycles. The van der Waals surface area contributed by atoms with Gasteiger partial charge in [-0.15, -0.1) is 0 Å². The van der Waals surface area contributed by atoms with Crippen LogP contribution >= 0.6 is 0 Å². The minimum absolute atomic E-state index is 0.0197. The maximum atomic E-state index is 12.8. The molecule has 122 valence electrons. The van der Waals surface area contributed by atoms with Crippen LogP contribution in [-0.2, 0) is 4.79 Å². The minimum atomic E-state index is 0.0197. The minimum Gasteiger partial charge on any atom is -0.324 e. The van der Waals surface area contributed by atoms with Crippen LogP contribution in [0.3, 0.4) is 0 Å². The first-order chi connectivity index (χ1) is 9.90. The number of carbonyl (C=O) groups excluding carboxylic acids is 1. The van der Waals surface area contributed by atoms with Crippen molar-refractivity contribution in [2.24, 2.45) is 11.8 Å². The van der Waals surface area contributed by atoms with Crippen LogP contribution in [0.15, 0.2) is 0 Å². The highest BCUT2D eigenvalue weighted by atomic mass is 16.2. The number of nitrogens with zero attached hydrogens (tertiary/aromatic N) is 2. The molecule has 0 aromatic rings. The van der Waals surface area contributed by atoms with Gasteiger partial charge < -0.3 is 9.80 Å². The van der Waals surface area contributed by atoms with E-state index in [2.05, 4.69) is 49.9 Å². The van der Waals surface area contributed by atoms with Gasteiger partial charge in [0.15, 0.2) is 0 Å². The molecule has 4 heteroatoms. The standard InChI is InChI=1S/C17H33N3O/c1-12(2)10-15-17(21)20(16(18-15)13(3)4)11-14-8-6-7-9-19(14)5/h12-16,18H,6-11H2,1-5H3. The third kappa shape index (κ3) is 3.98. The predicted molar refractivity (Wildman–Crippen MR) is 87.0 cm³/mol. The van der Waals surface area contributed by atoms with E-state index in [4.69, 9.17) is 0 Å². The summed E-state index contributed by atoms with van der Waals surface area (Å²) in [5.74, 6) is 1.33. The van der Waals surface area contributed by atoms with Gasteiger partial charge in [0.1, 0.15) is 0 Å². The van der Waals surface area contributed by atoms with Crippen molar-refractivity contribution in [3.8, 4) is 0 Å². The molecule has 3 unspecified atom stereocenters. The number of rotatable bonds is 5. The first-order valence-corrected chi connectivity index (χ1v) is 8.67. The van der Waals surface area contributed by atoms with Crippen LogP contribution in [0.1, 0.15) is 53.4 Å². The van der Waals surface area contributed by atoms with Gasteiger partial charge in [-0.25, -0.2) is 0 Å². The van der Waals surface area contributed by atoms with Crippen molar-refractivity contribution in [1.29, 1.82) is 0 Å². The SMILES string of the molecule is CC(C)CC1NC(C(C)C)N(CC2CCCCN2C)C1=O. The Kier molecular flexibility index (Phi) is 5.67. The molecule has 0 spiro atoms. The first-order valence-electron chi connectivity index (χ1n) is 8.67. The number of hydrogen-bond donors (Lipinski definition) is 1. The number of amides is 1. The second-order valence-corrected chi connectivity index (χ2v) is 7.66. The Morgan fingerprint density at radius 1 is 1.24 bits per heavy atom. The van der Waals surface area contributed by atoms with Gasteiger partial charge in [-0.2, -0.15) is 0 Å². The Hall–Kier alpha value is -0.610. The number of carbonyl (C=O) groups is 1. The highest BCUT2D eigenvalue weighted by Gasteiger charge is 2.41. The van der Waals surface area contributed by atoms with E-state index >= 15 is 0 Å². The number of hydrogen-bond acceptors (Lipinski definition) is 3. The smallest absolute Gasteiger partial charge is 0.241 e. The Morgan fingerprint density at radius 2 is 1.95 bits per heavy atom. The van der Waals surface area contributed by atoms with Crippen LogP contribution in [0.2, 0.25) is 0 Å². The maximum Gasteiger partial charge on any atom is 0.241 e. The van der Waals surface area contributed by atoms with E-state index in [-0.39, 0.29) is 12.2 Å². The summed E-state index contributed by atoms with van der Waals surface area (Å²) in [5, 5.41) is 3.58. The van der Waals surface area contributed by atoms with Crippen molar-refractivity contribution < 1.29 is 4.79 Å². The van der Waals surface area contributed by atoms with Crippen LogP contribution in [-0.4, -0.2) is 54.1 Å². The fourth-order valence-electron chi connectivity index (χ4n) is 3.70. The van der Waals surface area contributed by atoms with E-state index in [0.717, 1.165) is 13.0 Å². The number of likely N-dealkylation sites (tertiary alicyclic amines) is 1. The zero-order chi connectivity index (χ0) is 15.6. The molecule has 0 aromatic carbocycles. The molecule has 2 saturated heterocycles. The molecule has 2 rings (SSSR count). The average molecular weight is 295 g/mol. The summed E-state index contributed by atoms with van der Waals surface area (Å²) in [6, 6.07) is 0.551. The maximum absolute atomic E-state index is 12.8. The fourth-order valence-corrected chi connectivity index (χ4v) is 3.70. The zero-order valence-corrected chi connectivity index (χ0v) is 14.4. The molecule has 0 bridgehead atoms. The molecule has 21 heavy (non-hydrogen) atoms. The topological polar surface area (TPSA) is 35.6 Å². The molecule has 2 heterocycles. The predicted octanol–water partition coefficient (Wildman–Crippen LogP) is 2.30. The van der Waals surface area contributed by atoms with Crippen molar-refractivity contribution >= 4 is 5.91 Å². The molecule has 1 amide bonds. The normalized spacial score (nSPS) is 31.7.